The number of rotatable bonds is 13. The lowest BCUT2D eigenvalue weighted by molar-refractivity contribution is 0.977. The number of nitrogens with zero attached hydrogens (tertiary/aromatic N) is 2. The highest BCUT2D eigenvalue weighted by atomic mass is 35.5. The van der Waals surface area contributed by atoms with Gasteiger partial charge in [-0.15, -0.1) is 22.7 Å². The Labute approximate surface area is 440 Å². The summed E-state index contributed by atoms with van der Waals surface area (Å²) >= 11 is 11.1. The molecule has 0 saturated heterocycles. The van der Waals surface area contributed by atoms with Crippen molar-refractivity contribution in [2.75, 3.05) is 9.80 Å². The monoisotopic (exact) mass is 994 g/mol. The lowest BCUT2D eigenvalue weighted by atomic mass is 9.98. The normalized spacial score (nSPS) is 12.3. The summed E-state index contributed by atoms with van der Waals surface area (Å²) in [6.45, 7) is 4.52. The van der Waals surface area contributed by atoms with E-state index < -0.39 is 0 Å². The highest BCUT2D eigenvalue weighted by molar-refractivity contribution is 7.26. The fraction of sp³-hybridized carbons (Fsp3) is 0.0588. The van der Waals surface area contributed by atoms with E-state index in [0.29, 0.717) is 5.02 Å². The van der Waals surface area contributed by atoms with Gasteiger partial charge in [0, 0.05) is 85.4 Å². The zero-order valence-electron chi connectivity index (χ0n) is 40.6. The molecule has 12 rings (SSSR count). The van der Waals surface area contributed by atoms with Crippen LogP contribution in [0, 0.1) is 0 Å². The summed E-state index contributed by atoms with van der Waals surface area (Å²) in [4.78, 5) is 4.69. The van der Waals surface area contributed by atoms with Gasteiger partial charge in [0.15, 0.2) is 0 Å². The Bertz CT molecular complexity index is 3960. The van der Waals surface area contributed by atoms with Crippen molar-refractivity contribution < 1.29 is 0 Å². The molecule has 5 heteroatoms. The summed E-state index contributed by atoms with van der Waals surface area (Å²) < 4.78 is 5.27. The minimum atomic E-state index is 0.150. The van der Waals surface area contributed by atoms with E-state index in [0.717, 1.165) is 51.7 Å². The molecule has 0 saturated carbocycles. The van der Waals surface area contributed by atoms with E-state index in [9.17, 15) is 0 Å². The second-order valence-electron chi connectivity index (χ2n) is 18.5. The third-order valence-electron chi connectivity index (χ3n) is 13.8. The SMILES string of the molecule is CC/C=C(\C=C/C(C)c1cccc2c1sc1ccccc12)N(c1ccc(-c2ccccc2)cc1)c1cc(Cl)cc(N(c2ccc(-c3ccccc3)cc2)c2ccc(-c3cccc4c3sc3ccccc34)cc2)c1. The number of thiophene rings is 2. The van der Waals surface area contributed by atoms with Crippen LogP contribution in [0.4, 0.5) is 28.4 Å². The molecule has 0 fully saturated rings. The Morgan fingerprint density at radius 3 is 1.53 bits per heavy atom. The highest BCUT2D eigenvalue weighted by Crippen LogP contribution is 2.45. The number of hydrogen-bond donors (Lipinski definition) is 0. The molecule has 2 heterocycles. The van der Waals surface area contributed by atoms with Gasteiger partial charge in [-0.3, -0.25) is 0 Å². The predicted molar refractivity (Wildman–Crippen MR) is 319 cm³/mol. The summed E-state index contributed by atoms with van der Waals surface area (Å²) in [6, 6.07) is 85.3. The third-order valence-corrected chi connectivity index (χ3v) is 16.5. The predicted octanol–water partition coefficient (Wildman–Crippen LogP) is 21.3. The van der Waals surface area contributed by atoms with Gasteiger partial charge < -0.3 is 9.80 Å². The van der Waals surface area contributed by atoms with E-state index in [1.54, 1.807) is 0 Å². The molecule has 2 nitrogen and oxygen atoms in total. The molecular formula is C68H51ClN2S2. The van der Waals surface area contributed by atoms with Crippen LogP contribution in [0.15, 0.2) is 261 Å². The molecule has 1 atom stereocenters. The lowest BCUT2D eigenvalue weighted by Gasteiger charge is -2.30. The van der Waals surface area contributed by atoms with Crippen LogP contribution in [-0.2, 0) is 0 Å². The fourth-order valence-electron chi connectivity index (χ4n) is 10.3. The molecule has 0 aliphatic carbocycles. The van der Waals surface area contributed by atoms with Gasteiger partial charge in [0.25, 0.3) is 0 Å². The van der Waals surface area contributed by atoms with Gasteiger partial charge in [0.05, 0.1) is 0 Å². The topological polar surface area (TPSA) is 6.48 Å². The van der Waals surface area contributed by atoms with Crippen molar-refractivity contribution >= 4 is 103 Å². The van der Waals surface area contributed by atoms with Crippen molar-refractivity contribution in [1.82, 2.24) is 0 Å². The molecule has 10 aromatic carbocycles. The first kappa shape index (κ1) is 46.1. The molecular weight excluding hydrogens is 944 g/mol. The zero-order chi connectivity index (χ0) is 49.3. The molecule has 0 radical (unpaired) electrons. The van der Waals surface area contributed by atoms with Gasteiger partial charge in [-0.25, -0.2) is 0 Å². The molecule has 2 aromatic heterocycles. The van der Waals surface area contributed by atoms with E-state index in [2.05, 4.69) is 278 Å². The second-order valence-corrected chi connectivity index (χ2v) is 21.0. The van der Waals surface area contributed by atoms with Crippen LogP contribution in [0.1, 0.15) is 31.7 Å². The van der Waals surface area contributed by atoms with E-state index >= 15 is 0 Å². The Morgan fingerprint density at radius 1 is 0.452 bits per heavy atom. The molecule has 352 valence electrons. The first-order chi connectivity index (χ1) is 36.0. The number of hydrogen-bond acceptors (Lipinski definition) is 4. The Balaban J connectivity index is 0.977. The van der Waals surface area contributed by atoms with Gasteiger partial charge in [0.2, 0.25) is 0 Å². The second kappa shape index (κ2) is 20.3. The summed E-state index contributed by atoms with van der Waals surface area (Å²) in [5.74, 6) is 0.150. The standard InChI is InChI=1S/C68H51ClN2S2/c1-3-16-53(36-29-46(2)59-23-14-25-63-61-21-10-12-27-65(61)72-67(59)63)70(54-37-30-49(31-38-54)47-17-6-4-7-18-47)57-43-52(69)44-58(45-57)71(55-39-32-50(33-40-55)48-19-8-5-9-20-48)56-41-34-51(35-42-56)60-24-15-26-64-62-22-11-13-28-66(62)73-68(60)64/h4-46H,3H2,1-2H3/b36-29-,53-16+. The van der Waals surface area contributed by atoms with Crippen molar-refractivity contribution in [2.45, 2.75) is 26.2 Å². The molecule has 12 aromatic rings. The van der Waals surface area contributed by atoms with Crippen LogP contribution in [-0.4, -0.2) is 0 Å². The minimum Gasteiger partial charge on any atom is -0.311 e. The van der Waals surface area contributed by atoms with Crippen molar-refractivity contribution in [3.05, 3.63) is 271 Å². The smallest absolute Gasteiger partial charge is 0.0497 e. The number of fused-ring (bicyclic) bond motifs is 6. The number of allylic oxidation sites excluding steroid dienone is 3. The maximum Gasteiger partial charge on any atom is 0.0497 e. The molecule has 0 aliphatic rings. The van der Waals surface area contributed by atoms with Crippen LogP contribution in [0.2, 0.25) is 5.02 Å². The molecule has 73 heavy (non-hydrogen) atoms. The van der Waals surface area contributed by atoms with Crippen molar-refractivity contribution in [3.8, 4) is 33.4 Å². The Hall–Kier alpha value is -7.99. The lowest BCUT2D eigenvalue weighted by Crippen LogP contribution is -2.17. The van der Waals surface area contributed by atoms with E-state index in [1.165, 1.54) is 68.2 Å². The van der Waals surface area contributed by atoms with E-state index in [1.807, 2.05) is 22.7 Å². The molecule has 0 bridgehead atoms. The zero-order valence-corrected chi connectivity index (χ0v) is 43.0. The van der Waals surface area contributed by atoms with Crippen LogP contribution in [0.5, 0.6) is 0 Å². The quantitative estimate of drug-likeness (QED) is 0.106. The maximum atomic E-state index is 7.40. The minimum absolute atomic E-state index is 0.150. The van der Waals surface area contributed by atoms with Gasteiger partial charge >= 0.3 is 0 Å². The summed E-state index contributed by atoms with van der Waals surface area (Å²) in [5, 5.41) is 5.87. The van der Waals surface area contributed by atoms with Crippen molar-refractivity contribution in [1.29, 1.82) is 0 Å². The van der Waals surface area contributed by atoms with Crippen molar-refractivity contribution in [3.63, 3.8) is 0 Å². The van der Waals surface area contributed by atoms with Gasteiger partial charge in [-0.05, 0) is 118 Å². The molecule has 0 amide bonds. The summed E-state index contributed by atoms with van der Waals surface area (Å²) in [6.07, 6.45) is 7.83. The van der Waals surface area contributed by atoms with Crippen molar-refractivity contribution in [2.24, 2.45) is 0 Å². The first-order valence-electron chi connectivity index (χ1n) is 25.0. The number of halogens is 1. The number of anilines is 5. The average molecular weight is 996 g/mol. The molecule has 0 N–H and O–H groups in total. The molecule has 0 aliphatic heterocycles. The van der Waals surface area contributed by atoms with Crippen LogP contribution in [0.3, 0.4) is 0 Å². The van der Waals surface area contributed by atoms with E-state index in [-0.39, 0.29) is 5.92 Å². The first-order valence-corrected chi connectivity index (χ1v) is 27.0. The number of benzene rings is 10. The third kappa shape index (κ3) is 9.15. The Kier molecular flexibility index (Phi) is 12.8. The van der Waals surface area contributed by atoms with Gasteiger partial charge in [-0.2, -0.15) is 0 Å². The Morgan fingerprint density at radius 2 is 0.932 bits per heavy atom. The fourth-order valence-corrected chi connectivity index (χ4v) is 13.0. The summed E-state index contributed by atoms with van der Waals surface area (Å²) in [7, 11) is 0. The van der Waals surface area contributed by atoms with Crippen LogP contribution in [0.25, 0.3) is 73.7 Å². The van der Waals surface area contributed by atoms with Gasteiger partial charge in [0.1, 0.15) is 0 Å². The average Bonchev–Trinajstić information content (AvgIpc) is 4.02. The molecule has 0 spiro atoms. The van der Waals surface area contributed by atoms with Gasteiger partial charge in [-0.1, -0.05) is 207 Å². The maximum absolute atomic E-state index is 7.40. The largest absolute Gasteiger partial charge is 0.311 e. The van der Waals surface area contributed by atoms with E-state index in [4.69, 9.17) is 11.6 Å². The molecule has 1 unspecified atom stereocenters. The highest BCUT2D eigenvalue weighted by Gasteiger charge is 2.21. The van der Waals surface area contributed by atoms with Crippen LogP contribution < -0.4 is 9.80 Å². The van der Waals surface area contributed by atoms with Crippen LogP contribution >= 0.6 is 34.3 Å². The summed E-state index contributed by atoms with van der Waals surface area (Å²) in [5.41, 5.74) is 14.5.